The van der Waals surface area contributed by atoms with Crippen LogP contribution in [0.5, 0.6) is 5.75 Å². The van der Waals surface area contributed by atoms with Crippen LogP contribution in [0.2, 0.25) is 0 Å². The Kier molecular flexibility index (Phi) is 5.94. The summed E-state index contributed by atoms with van der Waals surface area (Å²) in [6, 6.07) is 16.3. The van der Waals surface area contributed by atoms with E-state index in [1.165, 1.54) is 0 Å². The zero-order valence-corrected chi connectivity index (χ0v) is 13.5. The molecule has 0 saturated heterocycles. The Morgan fingerprint density at radius 3 is 2.61 bits per heavy atom. The number of aliphatic carboxylic acids is 1. The fourth-order valence-electron chi connectivity index (χ4n) is 2.13. The van der Waals surface area contributed by atoms with Crippen LogP contribution in [-0.4, -0.2) is 23.3 Å². The quantitative estimate of drug-likeness (QED) is 0.707. The van der Waals surface area contributed by atoms with Crippen LogP contribution in [0, 0.1) is 0 Å². The number of nitrogens with one attached hydrogen (secondary N) is 2. The second-order valence-electron chi connectivity index (χ2n) is 4.89. The van der Waals surface area contributed by atoms with Gasteiger partial charge in [-0.25, -0.2) is 0 Å². The standard InChI is InChI=1S/C17H18N2O3S/c1-22-14-9-5-6-12(10-14)15(11-16(20)21)19-17(23)18-13-7-3-2-4-8-13/h2-10,15H,11H2,1H3,(H,20,21)(H2,18,19,23)/t15-/m1/s1. The van der Waals surface area contributed by atoms with Gasteiger partial charge in [-0.1, -0.05) is 30.3 Å². The zero-order valence-electron chi connectivity index (χ0n) is 12.7. The molecule has 0 unspecified atom stereocenters. The molecule has 3 N–H and O–H groups in total. The summed E-state index contributed by atoms with van der Waals surface area (Å²) in [6.45, 7) is 0. The lowest BCUT2D eigenvalue weighted by molar-refractivity contribution is -0.137. The molecule has 23 heavy (non-hydrogen) atoms. The summed E-state index contributed by atoms with van der Waals surface area (Å²) in [7, 11) is 1.57. The van der Waals surface area contributed by atoms with E-state index in [0.717, 1.165) is 11.3 Å². The average Bonchev–Trinajstić information content (AvgIpc) is 2.54. The first kappa shape index (κ1) is 16.8. The average molecular weight is 330 g/mol. The number of ether oxygens (including phenoxy) is 1. The van der Waals surface area contributed by atoms with Crippen LogP contribution in [0.25, 0.3) is 0 Å². The van der Waals surface area contributed by atoms with Crippen LogP contribution in [0.15, 0.2) is 54.6 Å². The smallest absolute Gasteiger partial charge is 0.305 e. The molecule has 0 bridgehead atoms. The number of anilines is 1. The summed E-state index contributed by atoms with van der Waals surface area (Å²) in [5.41, 5.74) is 1.63. The molecular weight excluding hydrogens is 312 g/mol. The largest absolute Gasteiger partial charge is 0.497 e. The highest BCUT2D eigenvalue weighted by molar-refractivity contribution is 7.80. The first-order valence-corrected chi connectivity index (χ1v) is 7.47. The number of rotatable bonds is 6. The van der Waals surface area contributed by atoms with Crippen LogP contribution < -0.4 is 15.4 Å². The Morgan fingerprint density at radius 1 is 1.22 bits per heavy atom. The maximum absolute atomic E-state index is 11.1. The summed E-state index contributed by atoms with van der Waals surface area (Å²) in [6.07, 6.45) is -0.0935. The summed E-state index contributed by atoms with van der Waals surface area (Å²) in [4.78, 5) is 11.1. The predicted octanol–water partition coefficient (Wildman–Crippen LogP) is 3.20. The van der Waals surface area contributed by atoms with Gasteiger partial charge in [0.15, 0.2) is 5.11 Å². The summed E-state index contributed by atoms with van der Waals surface area (Å²) in [5, 5.41) is 15.6. The number of thiocarbonyl (C=S) groups is 1. The first-order chi connectivity index (χ1) is 11.1. The van der Waals surface area contributed by atoms with Crippen LogP contribution >= 0.6 is 12.2 Å². The predicted molar refractivity (Wildman–Crippen MR) is 93.8 cm³/mol. The van der Waals surface area contributed by atoms with Crippen LogP contribution in [-0.2, 0) is 4.79 Å². The van der Waals surface area contributed by atoms with Gasteiger partial charge in [0.2, 0.25) is 0 Å². The van der Waals surface area contributed by atoms with E-state index in [4.69, 9.17) is 22.1 Å². The minimum absolute atomic E-state index is 0.0935. The highest BCUT2D eigenvalue weighted by atomic mass is 32.1. The van der Waals surface area contributed by atoms with Crippen molar-refractivity contribution in [3.63, 3.8) is 0 Å². The van der Waals surface area contributed by atoms with Crippen molar-refractivity contribution in [2.75, 3.05) is 12.4 Å². The van der Waals surface area contributed by atoms with E-state index in [1.807, 2.05) is 48.5 Å². The minimum atomic E-state index is -0.909. The lowest BCUT2D eigenvalue weighted by Crippen LogP contribution is -2.33. The Hall–Kier alpha value is -2.60. The molecule has 2 rings (SSSR count). The fraction of sp³-hybridized carbons (Fsp3) is 0.176. The molecule has 0 aliphatic heterocycles. The Labute approximate surface area is 140 Å². The van der Waals surface area contributed by atoms with Gasteiger partial charge in [-0.3, -0.25) is 4.79 Å². The van der Waals surface area contributed by atoms with Gasteiger partial charge in [0, 0.05) is 5.69 Å². The SMILES string of the molecule is COc1cccc([C@@H](CC(=O)O)NC(=S)Nc2ccccc2)c1. The van der Waals surface area contributed by atoms with Crippen LogP contribution in [0.1, 0.15) is 18.0 Å². The molecule has 0 spiro atoms. The number of benzene rings is 2. The molecule has 1 atom stereocenters. The third kappa shape index (κ3) is 5.27. The monoisotopic (exact) mass is 330 g/mol. The third-order valence-electron chi connectivity index (χ3n) is 3.21. The van der Waals surface area contributed by atoms with Gasteiger partial charge in [-0.05, 0) is 42.0 Å². The lowest BCUT2D eigenvalue weighted by Gasteiger charge is -2.20. The van der Waals surface area contributed by atoms with Crippen molar-refractivity contribution in [3.05, 3.63) is 60.2 Å². The van der Waals surface area contributed by atoms with Gasteiger partial charge in [0.1, 0.15) is 5.75 Å². The molecule has 0 heterocycles. The minimum Gasteiger partial charge on any atom is -0.497 e. The lowest BCUT2D eigenvalue weighted by atomic mass is 10.0. The Morgan fingerprint density at radius 2 is 1.96 bits per heavy atom. The molecular formula is C17H18N2O3S. The normalized spacial score (nSPS) is 11.3. The number of carbonyl (C=O) groups is 1. The molecule has 0 aliphatic carbocycles. The molecule has 6 heteroatoms. The summed E-state index contributed by atoms with van der Waals surface area (Å²) in [5.74, 6) is -0.241. The Bertz CT molecular complexity index is 677. The zero-order chi connectivity index (χ0) is 16.7. The molecule has 0 saturated carbocycles. The molecule has 0 aromatic heterocycles. The van der Waals surface area contributed by atoms with Crippen molar-refractivity contribution in [3.8, 4) is 5.75 Å². The first-order valence-electron chi connectivity index (χ1n) is 7.07. The number of carboxylic acid groups (broad SMARTS) is 1. The van der Waals surface area contributed by atoms with Gasteiger partial charge < -0.3 is 20.5 Å². The number of hydrogen-bond donors (Lipinski definition) is 3. The molecule has 120 valence electrons. The van der Waals surface area contributed by atoms with E-state index in [1.54, 1.807) is 13.2 Å². The maximum Gasteiger partial charge on any atom is 0.305 e. The third-order valence-corrected chi connectivity index (χ3v) is 3.43. The summed E-state index contributed by atoms with van der Waals surface area (Å²) < 4.78 is 5.19. The van der Waals surface area contributed by atoms with E-state index in [0.29, 0.717) is 10.9 Å². The van der Waals surface area contributed by atoms with Crippen molar-refractivity contribution in [1.82, 2.24) is 5.32 Å². The Balaban J connectivity index is 2.11. The fourth-order valence-corrected chi connectivity index (χ4v) is 2.39. The highest BCUT2D eigenvalue weighted by Crippen LogP contribution is 2.22. The van der Waals surface area contributed by atoms with Crippen molar-refractivity contribution >= 4 is 29.0 Å². The maximum atomic E-state index is 11.1. The van der Waals surface area contributed by atoms with E-state index >= 15 is 0 Å². The van der Waals surface area contributed by atoms with Gasteiger partial charge in [-0.15, -0.1) is 0 Å². The van der Waals surface area contributed by atoms with Gasteiger partial charge >= 0.3 is 5.97 Å². The second-order valence-corrected chi connectivity index (χ2v) is 5.30. The van der Waals surface area contributed by atoms with Crippen molar-refractivity contribution in [2.45, 2.75) is 12.5 Å². The van der Waals surface area contributed by atoms with E-state index in [2.05, 4.69) is 10.6 Å². The molecule has 2 aromatic rings. The number of methoxy groups -OCH3 is 1. The molecule has 2 aromatic carbocycles. The summed E-state index contributed by atoms with van der Waals surface area (Å²) >= 11 is 5.28. The van der Waals surface area contributed by atoms with Crippen molar-refractivity contribution < 1.29 is 14.6 Å². The molecule has 0 fully saturated rings. The van der Waals surface area contributed by atoms with E-state index in [9.17, 15) is 4.79 Å². The van der Waals surface area contributed by atoms with E-state index in [-0.39, 0.29) is 6.42 Å². The topological polar surface area (TPSA) is 70.6 Å². The second kappa shape index (κ2) is 8.14. The molecule has 0 amide bonds. The van der Waals surface area contributed by atoms with Gasteiger partial charge in [0.05, 0.1) is 19.6 Å². The van der Waals surface area contributed by atoms with E-state index < -0.39 is 12.0 Å². The molecule has 0 radical (unpaired) electrons. The molecule has 5 nitrogen and oxygen atoms in total. The van der Waals surface area contributed by atoms with Gasteiger partial charge in [-0.2, -0.15) is 0 Å². The van der Waals surface area contributed by atoms with Crippen LogP contribution in [0.3, 0.4) is 0 Å². The van der Waals surface area contributed by atoms with Crippen LogP contribution in [0.4, 0.5) is 5.69 Å². The number of hydrogen-bond acceptors (Lipinski definition) is 3. The van der Waals surface area contributed by atoms with Gasteiger partial charge in [0.25, 0.3) is 0 Å². The highest BCUT2D eigenvalue weighted by Gasteiger charge is 2.17. The van der Waals surface area contributed by atoms with Crippen molar-refractivity contribution in [2.24, 2.45) is 0 Å². The van der Waals surface area contributed by atoms with Crippen molar-refractivity contribution in [1.29, 1.82) is 0 Å². The number of carboxylic acids is 1. The molecule has 0 aliphatic rings. The number of para-hydroxylation sites is 1.